The minimum Gasteiger partial charge on any atom is -0.324 e. The maximum absolute atomic E-state index is 13.3. The summed E-state index contributed by atoms with van der Waals surface area (Å²) in [5, 5.41) is 2.93. The van der Waals surface area contributed by atoms with E-state index >= 15 is 0 Å². The van der Waals surface area contributed by atoms with Crippen molar-refractivity contribution in [2.75, 3.05) is 16.8 Å². The third-order valence-electron chi connectivity index (χ3n) is 5.74. The first-order chi connectivity index (χ1) is 13.8. The van der Waals surface area contributed by atoms with Crippen molar-refractivity contribution in [2.45, 2.75) is 40.0 Å². The van der Waals surface area contributed by atoms with Gasteiger partial charge in [-0.2, -0.15) is 0 Å². The lowest BCUT2D eigenvalue weighted by molar-refractivity contribution is -0.122. The molecule has 0 aromatic heterocycles. The number of hydrogen-bond acceptors (Lipinski definition) is 3. The minimum atomic E-state index is -0.228. The Morgan fingerprint density at radius 1 is 1.21 bits per heavy atom. The molecule has 2 aliphatic rings. The number of aryl methyl sites for hydroxylation is 3. The quantitative estimate of drug-likeness (QED) is 0.690. The van der Waals surface area contributed by atoms with E-state index in [9.17, 15) is 9.59 Å². The zero-order valence-corrected chi connectivity index (χ0v) is 18.5. The Balaban J connectivity index is 1.66. The summed E-state index contributed by atoms with van der Waals surface area (Å²) in [7, 11) is 0. The predicted molar refractivity (Wildman–Crippen MR) is 120 cm³/mol. The molecule has 2 amide bonds. The van der Waals surface area contributed by atoms with Crippen LogP contribution in [0.25, 0.3) is 0 Å². The number of aliphatic imine (C=N–C) groups is 1. The van der Waals surface area contributed by atoms with Gasteiger partial charge in [-0.1, -0.05) is 6.07 Å². The average Bonchev–Trinajstić information content (AvgIpc) is 3.09. The first kappa shape index (κ1) is 19.8. The van der Waals surface area contributed by atoms with E-state index in [1.807, 2.05) is 51.1 Å². The SMILES string of the molecule is Cc1ccc(NC(=O)CN2C(=O)C3CCCC3=Nc3cc(C)c(C)cc32)c(Br)c1. The van der Waals surface area contributed by atoms with Gasteiger partial charge in [-0.15, -0.1) is 0 Å². The normalized spacial score (nSPS) is 18.1. The second kappa shape index (κ2) is 7.75. The number of halogens is 1. The number of carbonyl (C=O) groups excluding carboxylic acids is 2. The molecular formula is C23H24BrN3O2. The predicted octanol–water partition coefficient (Wildman–Crippen LogP) is 5.23. The number of fused-ring (bicyclic) bond motifs is 2. The Bertz CT molecular complexity index is 1040. The number of amides is 2. The fourth-order valence-electron chi connectivity index (χ4n) is 4.00. The number of benzene rings is 2. The van der Waals surface area contributed by atoms with Gasteiger partial charge in [0.1, 0.15) is 6.54 Å². The summed E-state index contributed by atoms with van der Waals surface area (Å²) in [5.41, 5.74) is 6.46. The van der Waals surface area contributed by atoms with E-state index in [1.165, 1.54) is 0 Å². The van der Waals surface area contributed by atoms with Crippen LogP contribution in [0.1, 0.15) is 36.0 Å². The molecule has 0 bridgehead atoms. The van der Waals surface area contributed by atoms with Gasteiger partial charge in [-0.05, 0) is 96.9 Å². The molecule has 0 spiro atoms. The van der Waals surface area contributed by atoms with Gasteiger partial charge in [0.2, 0.25) is 11.8 Å². The van der Waals surface area contributed by atoms with E-state index in [2.05, 4.69) is 21.2 Å². The first-order valence-corrected chi connectivity index (χ1v) is 10.7. The van der Waals surface area contributed by atoms with E-state index < -0.39 is 0 Å². The van der Waals surface area contributed by atoms with Crippen LogP contribution in [0.4, 0.5) is 17.1 Å². The van der Waals surface area contributed by atoms with Crippen LogP contribution in [0.2, 0.25) is 0 Å². The zero-order valence-electron chi connectivity index (χ0n) is 16.9. The van der Waals surface area contributed by atoms with Crippen LogP contribution in [0.5, 0.6) is 0 Å². The third-order valence-corrected chi connectivity index (χ3v) is 6.39. The molecule has 1 atom stereocenters. The van der Waals surface area contributed by atoms with E-state index in [0.717, 1.165) is 57.5 Å². The van der Waals surface area contributed by atoms with Crippen LogP contribution in [0, 0.1) is 26.7 Å². The van der Waals surface area contributed by atoms with Crippen molar-refractivity contribution in [3.8, 4) is 0 Å². The smallest absolute Gasteiger partial charge is 0.244 e. The molecule has 6 heteroatoms. The van der Waals surface area contributed by atoms with Gasteiger partial charge in [0.15, 0.2) is 0 Å². The van der Waals surface area contributed by atoms with Gasteiger partial charge in [-0.3, -0.25) is 14.6 Å². The van der Waals surface area contributed by atoms with Crippen molar-refractivity contribution >= 4 is 50.5 Å². The summed E-state index contributed by atoms with van der Waals surface area (Å²) in [4.78, 5) is 32.7. The van der Waals surface area contributed by atoms with Crippen molar-refractivity contribution in [1.82, 2.24) is 0 Å². The van der Waals surface area contributed by atoms with Crippen molar-refractivity contribution < 1.29 is 9.59 Å². The summed E-state index contributed by atoms with van der Waals surface area (Å²) in [5.74, 6) is -0.475. The summed E-state index contributed by atoms with van der Waals surface area (Å²) in [6.07, 6.45) is 2.61. The second-order valence-electron chi connectivity index (χ2n) is 7.93. The molecule has 1 fully saturated rings. The number of rotatable bonds is 3. The molecular weight excluding hydrogens is 430 g/mol. The lowest BCUT2D eigenvalue weighted by Gasteiger charge is -2.25. The number of nitrogens with one attached hydrogen (secondary N) is 1. The lowest BCUT2D eigenvalue weighted by Crippen LogP contribution is -2.42. The van der Waals surface area contributed by atoms with Gasteiger partial charge in [-0.25, -0.2) is 0 Å². The molecule has 1 aliphatic heterocycles. The molecule has 150 valence electrons. The van der Waals surface area contributed by atoms with Crippen molar-refractivity contribution in [3.05, 3.63) is 51.5 Å². The van der Waals surface area contributed by atoms with Crippen LogP contribution < -0.4 is 10.2 Å². The molecule has 29 heavy (non-hydrogen) atoms. The topological polar surface area (TPSA) is 61.8 Å². The van der Waals surface area contributed by atoms with E-state index in [4.69, 9.17) is 4.99 Å². The average molecular weight is 454 g/mol. The van der Waals surface area contributed by atoms with E-state index in [0.29, 0.717) is 5.69 Å². The fraction of sp³-hybridized carbons (Fsp3) is 0.348. The number of carbonyl (C=O) groups is 2. The highest BCUT2D eigenvalue weighted by atomic mass is 79.9. The molecule has 1 N–H and O–H groups in total. The Morgan fingerprint density at radius 2 is 1.97 bits per heavy atom. The van der Waals surface area contributed by atoms with Crippen molar-refractivity contribution in [3.63, 3.8) is 0 Å². The summed E-state index contributed by atoms with van der Waals surface area (Å²) >= 11 is 3.49. The maximum Gasteiger partial charge on any atom is 0.244 e. The second-order valence-corrected chi connectivity index (χ2v) is 8.78. The van der Waals surface area contributed by atoms with Crippen LogP contribution in [0.15, 0.2) is 39.8 Å². The molecule has 0 radical (unpaired) electrons. The molecule has 1 heterocycles. The standard InChI is InChI=1S/C23H24BrN3O2/c1-13-7-8-19(17(24)9-13)26-22(28)12-27-21-11-15(3)14(2)10-20(21)25-18-6-4-5-16(18)23(27)29/h7-11,16H,4-6,12H2,1-3H3,(H,26,28). The van der Waals surface area contributed by atoms with Gasteiger partial charge in [0.25, 0.3) is 0 Å². The highest BCUT2D eigenvalue weighted by Crippen LogP contribution is 2.39. The minimum absolute atomic E-state index is 0.0265. The number of nitrogens with zero attached hydrogens (tertiary/aromatic N) is 2. The van der Waals surface area contributed by atoms with Gasteiger partial charge < -0.3 is 10.2 Å². The lowest BCUT2D eigenvalue weighted by atomic mass is 10.0. The van der Waals surface area contributed by atoms with Crippen LogP contribution in [-0.4, -0.2) is 24.1 Å². The highest BCUT2D eigenvalue weighted by Gasteiger charge is 2.37. The summed E-state index contributed by atoms with van der Waals surface area (Å²) in [6.45, 7) is 6.02. The van der Waals surface area contributed by atoms with Crippen LogP contribution in [0.3, 0.4) is 0 Å². The molecule has 2 aromatic rings. The van der Waals surface area contributed by atoms with Gasteiger partial charge >= 0.3 is 0 Å². The zero-order chi connectivity index (χ0) is 20.7. The van der Waals surface area contributed by atoms with Crippen molar-refractivity contribution in [2.24, 2.45) is 10.9 Å². The molecule has 1 saturated carbocycles. The number of anilines is 2. The molecule has 4 rings (SSSR count). The van der Waals surface area contributed by atoms with Gasteiger partial charge in [0, 0.05) is 10.2 Å². The largest absolute Gasteiger partial charge is 0.324 e. The summed E-state index contributed by atoms with van der Waals surface area (Å²) in [6, 6.07) is 9.75. The molecule has 1 aliphatic carbocycles. The van der Waals surface area contributed by atoms with E-state index in [1.54, 1.807) is 4.90 Å². The van der Waals surface area contributed by atoms with E-state index in [-0.39, 0.29) is 24.3 Å². The molecule has 2 aromatic carbocycles. The number of hydrogen-bond donors (Lipinski definition) is 1. The Hall–Kier alpha value is -2.47. The fourth-order valence-corrected chi connectivity index (χ4v) is 4.59. The highest BCUT2D eigenvalue weighted by molar-refractivity contribution is 9.10. The molecule has 5 nitrogen and oxygen atoms in total. The van der Waals surface area contributed by atoms with Crippen LogP contribution >= 0.6 is 15.9 Å². The molecule has 0 saturated heterocycles. The Kier molecular flexibility index (Phi) is 5.30. The van der Waals surface area contributed by atoms with Crippen LogP contribution in [-0.2, 0) is 9.59 Å². The Morgan fingerprint density at radius 3 is 2.72 bits per heavy atom. The summed E-state index contributed by atoms with van der Waals surface area (Å²) < 4.78 is 0.821. The first-order valence-electron chi connectivity index (χ1n) is 9.89. The molecule has 1 unspecified atom stereocenters. The Labute approximate surface area is 179 Å². The van der Waals surface area contributed by atoms with Gasteiger partial charge in [0.05, 0.1) is 23.0 Å². The van der Waals surface area contributed by atoms with Crippen molar-refractivity contribution in [1.29, 1.82) is 0 Å². The monoisotopic (exact) mass is 453 g/mol. The maximum atomic E-state index is 13.3. The third kappa shape index (κ3) is 3.86.